The van der Waals surface area contributed by atoms with Gasteiger partial charge in [0.25, 0.3) is 5.91 Å². The van der Waals surface area contributed by atoms with E-state index in [2.05, 4.69) is 66.0 Å². The maximum absolute atomic E-state index is 12.8. The predicted molar refractivity (Wildman–Crippen MR) is 225 cm³/mol. The molecule has 0 aliphatic carbocycles. The molecule has 0 aromatic heterocycles. The Labute approximate surface area is 318 Å². The minimum absolute atomic E-state index is 0.0321. The molecule has 0 saturated heterocycles. The minimum Gasteiger partial charge on any atom is -0.353 e. The van der Waals surface area contributed by atoms with Crippen LogP contribution in [0, 0.1) is 6.92 Å². The number of amides is 2. The smallest absolute Gasteiger partial charge is 0.251 e. The van der Waals surface area contributed by atoms with E-state index in [-0.39, 0.29) is 34.3 Å². The summed E-state index contributed by atoms with van der Waals surface area (Å²) >= 11 is 0. The van der Waals surface area contributed by atoms with Gasteiger partial charge in [0.05, 0.1) is 5.83 Å². The predicted octanol–water partition coefficient (Wildman–Crippen LogP) is 13.4. The van der Waals surface area contributed by atoms with Crippen molar-refractivity contribution in [1.82, 2.24) is 10.6 Å². The van der Waals surface area contributed by atoms with E-state index < -0.39 is 0 Å². The number of halogens is 2. The van der Waals surface area contributed by atoms with Gasteiger partial charge in [0, 0.05) is 25.1 Å². The number of allylic oxidation sites excluding steroid dienone is 12. The molecule has 1 aromatic carbocycles. The van der Waals surface area contributed by atoms with Crippen LogP contribution in [0.5, 0.6) is 0 Å². The summed E-state index contributed by atoms with van der Waals surface area (Å²) in [6.45, 7) is 33.3. The zero-order valence-corrected chi connectivity index (χ0v) is 35.7. The van der Waals surface area contributed by atoms with Crippen molar-refractivity contribution in [3.8, 4) is 0 Å². The number of benzene rings is 1. The molecule has 0 heterocycles. The number of unbranched alkanes of at least 4 members (excludes halogenated alkanes) is 2. The van der Waals surface area contributed by atoms with Crippen molar-refractivity contribution in [2.75, 3.05) is 13.1 Å². The first-order valence-corrected chi connectivity index (χ1v) is 18.8. The molecule has 0 radical (unpaired) electrons. The summed E-state index contributed by atoms with van der Waals surface area (Å²) in [6, 6.07) is 4.06. The Morgan fingerprint density at radius 3 is 1.65 bits per heavy atom. The minimum atomic E-state index is -0.205. The summed E-state index contributed by atoms with van der Waals surface area (Å²) in [4.78, 5) is 24.5. The molecule has 2 amide bonds. The Bertz CT molecular complexity index is 1310. The molecule has 1 aromatic rings. The molecule has 1 rings (SSSR count). The fourth-order valence-corrected chi connectivity index (χ4v) is 4.65. The molecule has 0 aliphatic rings. The van der Waals surface area contributed by atoms with Crippen LogP contribution in [-0.2, 0) is 15.6 Å². The van der Waals surface area contributed by atoms with Crippen LogP contribution >= 0.6 is 0 Å². The second-order valence-corrected chi connectivity index (χ2v) is 14.6. The SMILES string of the molecule is C/C=C\C(F)=C/C=C(C)C.CC.CCCCCC(=O)NC/C=C/CNC(=O)c1cc(C(C)(C)C)c(C)c(C(C)(C)C)c1.C\C=C/C(C)=C\C=C(/C)F. The number of hydrogen-bond donors (Lipinski definition) is 2. The molecule has 0 saturated carbocycles. The highest BCUT2D eigenvalue weighted by molar-refractivity contribution is 5.95. The highest BCUT2D eigenvalue weighted by Gasteiger charge is 2.25. The molecule has 6 heteroatoms. The van der Waals surface area contributed by atoms with E-state index in [1.165, 1.54) is 41.8 Å². The van der Waals surface area contributed by atoms with E-state index in [1.807, 2.05) is 78.0 Å². The first-order valence-electron chi connectivity index (χ1n) is 18.8. The fraction of sp³-hybridized carbons (Fsp3) is 0.522. The molecule has 0 aliphatic heterocycles. The second-order valence-electron chi connectivity index (χ2n) is 14.6. The Morgan fingerprint density at radius 1 is 0.731 bits per heavy atom. The van der Waals surface area contributed by atoms with Gasteiger partial charge in [-0.2, -0.15) is 0 Å². The standard InChI is InChI=1S/C26H42N2O2.2C9H13F.C2H6/c1-9-10-11-14-23(29)27-15-12-13-16-28-24(30)20-17-21(25(3,4)5)19(2)22(18-20)26(6,7)8;1-4-5-8(2)6-7-9(3)10;1-4-5-9(10)7-6-8(2)3;1-2/h12-13,17-18H,9-11,14-16H2,1-8H3,(H,27,29)(H,28,30);2*4-7H,1-3H3;1-2H3/b13-12+;5-4-,8-6-,9-7+;5-4-,9-7+;. The topological polar surface area (TPSA) is 58.2 Å². The number of carbonyl (C=O) groups excluding carboxylic acids is 2. The molecule has 52 heavy (non-hydrogen) atoms. The van der Waals surface area contributed by atoms with Gasteiger partial charge in [0.1, 0.15) is 5.83 Å². The number of hydrogen-bond acceptors (Lipinski definition) is 2. The van der Waals surface area contributed by atoms with E-state index in [9.17, 15) is 18.4 Å². The number of carbonyl (C=O) groups is 2. The van der Waals surface area contributed by atoms with Gasteiger partial charge in [-0.25, -0.2) is 8.78 Å². The Kier molecular flexibility index (Phi) is 30.1. The molecule has 0 spiro atoms. The van der Waals surface area contributed by atoms with Crippen LogP contribution < -0.4 is 10.6 Å². The van der Waals surface area contributed by atoms with Crippen LogP contribution in [0.2, 0.25) is 0 Å². The molecule has 4 nitrogen and oxygen atoms in total. The van der Waals surface area contributed by atoms with E-state index in [0.29, 0.717) is 25.1 Å². The second kappa shape index (κ2) is 29.7. The summed E-state index contributed by atoms with van der Waals surface area (Å²) in [5, 5.41) is 5.84. The lowest BCUT2D eigenvalue weighted by Crippen LogP contribution is -2.27. The fourth-order valence-electron chi connectivity index (χ4n) is 4.65. The normalized spacial score (nSPS) is 12.4. The molecule has 2 N–H and O–H groups in total. The third-order valence-corrected chi connectivity index (χ3v) is 7.16. The highest BCUT2D eigenvalue weighted by atomic mass is 19.1. The van der Waals surface area contributed by atoms with E-state index in [4.69, 9.17) is 0 Å². The molecular formula is C46H74F2N2O2. The third kappa shape index (κ3) is 27.9. The van der Waals surface area contributed by atoms with Crippen LogP contribution in [0.3, 0.4) is 0 Å². The Hall–Kier alpha value is -3.80. The van der Waals surface area contributed by atoms with Crippen LogP contribution in [0.4, 0.5) is 8.78 Å². The van der Waals surface area contributed by atoms with Gasteiger partial charge in [0.15, 0.2) is 0 Å². The summed E-state index contributed by atoms with van der Waals surface area (Å²) in [6.07, 6.45) is 20.8. The van der Waals surface area contributed by atoms with E-state index >= 15 is 0 Å². The van der Waals surface area contributed by atoms with Crippen molar-refractivity contribution < 1.29 is 18.4 Å². The summed E-state index contributed by atoms with van der Waals surface area (Å²) in [5.74, 6) is -0.354. The van der Waals surface area contributed by atoms with Gasteiger partial charge in [0.2, 0.25) is 5.91 Å². The average Bonchev–Trinajstić information content (AvgIpc) is 3.05. The van der Waals surface area contributed by atoms with Crippen LogP contribution in [0.1, 0.15) is 157 Å². The van der Waals surface area contributed by atoms with Crippen molar-refractivity contribution >= 4 is 11.8 Å². The van der Waals surface area contributed by atoms with Gasteiger partial charge in [-0.1, -0.05) is 129 Å². The zero-order valence-electron chi connectivity index (χ0n) is 35.7. The lowest BCUT2D eigenvalue weighted by atomic mass is 9.75. The van der Waals surface area contributed by atoms with Crippen molar-refractivity contribution in [3.63, 3.8) is 0 Å². The van der Waals surface area contributed by atoms with E-state index in [1.54, 1.807) is 25.2 Å². The lowest BCUT2D eigenvalue weighted by Gasteiger charge is -2.29. The molecule has 0 atom stereocenters. The first kappa shape index (κ1) is 52.6. The largest absolute Gasteiger partial charge is 0.353 e. The quantitative estimate of drug-likeness (QED) is 0.121. The monoisotopic (exact) mass is 725 g/mol. The summed E-state index contributed by atoms with van der Waals surface area (Å²) < 4.78 is 24.6. The van der Waals surface area contributed by atoms with Crippen LogP contribution in [0.15, 0.2) is 95.7 Å². The number of nitrogens with one attached hydrogen (secondary N) is 2. The average molecular weight is 725 g/mol. The lowest BCUT2D eigenvalue weighted by molar-refractivity contribution is -0.121. The number of rotatable bonds is 13. The van der Waals surface area contributed by atoms with Crippen molar-refractivity contribution in [2.45, 2.75) is 147 Å². The maximum atomic E-state index is 12.8. The molecule has 294 valence electrons. The van der Waals surface area contributed by atoms with E-state index in [0.717, 1.165) is 30.4 Å². The third-order valence-electron chi connectivity index (χ3n) is 7.16. The molecular weight excluding hydrogens is 651 g/mol. The maximum Gasteiger partial charge on any atom is 0.251 e. The van der Waals surface area contributed by atoms with Crippen LogP contribution in [0.25, 0.3) is 0 Å². The van der Waals surface area contributed by atoms with Gasteiger partial charge in [-0.3, -0.25) is 9.59 Å². The summed E-state index contributed by atoms with van der Waals surface area (Å²) in [5.41, 5.74) is 6.47. The van der Waals surface area contributed by atoms with Gasteiger partial charge in [-0.05, 0) is 113 Å². The van der Waals surface area contributed by atoms with Gasteiger partial charge >= 0.3 is 0 Å². The van der Waals surface area contributed by atoms with Crippen molar-refractivity contribution in [3.05, 3.63) is 118 Å². The van der Waals surface area contributed by atoms with Gasteiger partial charge in [-0.15, -0.1) is 0 Å². The molecule has 0 fully saturated rings. The Morgan fingerprint density at radius 2 is 1.23 bits per heavy atom. The van der Waals surface area contributed by atoms with Crippen molar-refractivity contribution in [2.24, 2.45) is 0 Å². The van der Waals surface area contributed by atoms with Gasteiger partial charge < -0.3 is 10.6 Å². The van der Waals surface area contributed by atoms with Crippen LogP contribution in [-0.4, -0.2) is 24.9 Å². The Balaban J connectivity index is -0.000000888. The molecule has 0 bridgehead atoms. The first-order chi connectivity index (χ1) is 24.2. The zero-order chi connectivity index (χ0) is 40.9. The summed E-state index contributed by atoms with van der Waals surface area (Å²) in [7, 11) is 0. The highest BCUT2D eigenvalue weighted by Crippen LogP contribution is 2.34. The van der Waals surface area contributed by atoms with Crippen molar-refractivity contribution in [1.29, 1.82) is 0 Å². The molecule has 0 unspecified atom stereocenters.